The third kappa shape index (κ3) is 1.91. The Morgan fingerprint density at radius 2 is 2.33 bits per heavy atom. The van der Waals surface area contributed by atoms with Gasteiger partial charge in [-0.3, -0.25) is 4.79 Å². The van der Waals surface area contributed by atoms with E-state index in [0.29, 0.717) is 17.3 Å². The van der Waals surface area contributed by atoms with E-state index in [4.69, 9.17) is 11.6 Å². The maximum atomic E-state index is 11.7. The first kappa shape index (κ1) is 10.3. The predicted molar refractivity (Wildman–Crippen MR) is 61.4 cm³/mol. The van der Waals surface area contributed by atoms with E-state index in [1.807, 2.05) is 12.1 Å². The van der Waals surface area contributed by atoms with E-state index in [9.17, 15) is 4.79 Å². The molecule has 15 heavy (non-hydrogen) atoms. The lowest BCUT2D eigenvalue weighted by molar-refractivity contribution is -0.117. The van der Waals surface area contributed by atoms with Crippen molar-refractivity contribution in [1.82, 2.24) is 5.32 Å². The van der Waals surface area contributed by atoms with Crippen molar-refractivity contribution < 1.29 is 4.79 Å². The van der Waals surface area contributed by atoms with Gasteiger partial charge >= 0.3 is 0 Å². The van der Waals surface area contributed by atoms with E-state index in [0.717, 1.165) is 5.69 Å². The van der Waals surface area contributed by atoms with Crippen LogP contribution in [-0.2, 0) is 4.79 Å². The van der Waals surface area contributed by atoms with Gasteiger partial charge in [0, 0.05) is 6.54 Å². The second-order valence-corrected chi connectivity index (χ2v) is 3.78. The van der Waals surface area contributed by atoms with Gasteiger partial charge in [-0.05, 0) is 19.2 Å². The summed E-state index contributed by atoms with van der Waals surface area (Å²) in [6, 6.07) is 5.25. The summed E-state index contributed by atoms with van der Waals surface area (Å²) in [5.74, 6) is -0.0724. The first-order chi connectivity index (χ1) is 7.22. The van der Waals surface area contributed by atoms with Crippen molar-refractivity contribution >= 4 is 28.9 Å². The van der Waals surface area contributed by atoms with Gasteiger partial charge < -0.3 is 16.0 Å². The van der Waals surface area contributed by atoms with Crippen molar-refractivity contribution in [2.75, 3.05) is 24.2 Å². The molecule has 0 fully saturated rings. The van der Waals surface area contributed by atoms with Gasteiger partial charge in [-0.1, -0.05) is 17.7 Å². The summed E-state index contributed by atoms with van der Waals surface area (Å²) in [4.78, 5) is 11.7. The molecule has 0 saturated carbocycles. The minimum Gasteiger partial charge on any atom is -0.381 e. The van der Waals surface area contributed by atoms with Crippen LogP contribution in [0, 0.1) is 0 Å². The van der Waals surface area contributed by atoms with Crippen LogP contribution in [0.3, 0.4) is 0 Å². The van der Waals surface area contributed by atoms with Crippen LogP contribution in [0.1, 0.15) is 0 Å². The Morgan fingerprint density at radius 1 is 1.53 bits per heavy atom. The average molecular weight is 226 g/mol. The lowest BCUT2D eigenvalue weighted by Crippen LogP contribution is -2.41. The lowest BCUT2D eigenvalue weighted by atomic mass is 10.2. The molecule has 3 N–H and O–H groups in total. The largest absolute Gasteiger partial charge is 0.381 e. The minimum atomic E-state index is -0.242. The molecule has 0 aromatic heterocycles. The van der Waals surface area contributed by atoms with Crippen LogP contribution in [0.25, 0.3) is 0 Å². The fourth-order valence-corrected chi connectivity index (χ4v) is 1.77. The Bertz CT molecular complexity index is 394. The highest BCUT2D eigenvalue weighted by Gasteiger charge is 2.22. The normalized spacial score (nSPS) is 19.9. The van der Waals surface area contributed by atoms with E-state index in [-0.39, 0.29) is 11.9 Å². The number of amides is 1. The van der Waals surface area contributed by atoms with Crippen LogP contribution in [0.5, 0.6) is 0 Å². The zero-order valence-electron chi connectivity index (χ0n) is 8.30. The van der Waals surface area contributed by atoms with Gasteiger partial charge in [0.05, 0.1) is 16.4 Å². The summed E-state index contributed by atoms with van der Waals surface area (Å²) in [7, 11) is 1.75. The summed E-state index contributed by atoms with van der Waals surface area (Å²) in [5, 5.41) is 9.44. The van der Waals surface area contributed by atoms with Gasteiger partial charge in [0.1, 0.15) is 6.04 Å². The number of anilines is 2. The predicted octanol–water partition coefficient (Wildman–Crippen LogP) is 1.29. The Balaban J connectivity index is 2.36. The first-order valence-corrected chi connectivity index (χ1v) is 5.10. The summed E-state index contributed by atoms with van der Waals surface area (Å²) in [6.45, 7) is 0.551. The summed E-state index contributed by atoms with van der Waals surface area (Å²) < 4.78 is 0. The smallest absolute Gasteiger partial charge is 0.243 e. The fraction of sp³-hybridized carbons (Fsp3) is 0.300. The van der Waals surface area contributed by atoms with Gasteiger partial charge in [0.15, 0.2) is 0 Å². The van der Waals surface area contributed by atoms with Crippen LogP contribution in [0.2, 0.25) is 5.02 Å². The van der Waals surface area contributed by atoms with Crippen molar-refractivity contribution in [2.45, 2.75) is 6.04 Å². The zero-order valence-corrected chi connectivity index (χ0v) is 9.06. The molecule has 1 aliphatic rings. The van der Waals surface area contributed by atoms with Gasteiger partial charge in [-0.15, -0.1) is 0 Å². The molecule has 1 aliphatic heterocycles. The molecule has 1 atom stereocenters. The number of hydrogen-bond donors (Lipinski definition) is 3. The lowest BCUT2D eigenvalue weighted by Gasteiger charge is -2.10. The molecule has 1 aromatic rings. The molecule has 4 nitrogen and oxygen atoms in total. The molecule has 1 aromatic carbocycles. The van der Waals surface area contributed by atoms with E-state index in [2.05, 4.69) is 16.0 Å². The van der Waals surface area contributed by atoms with Gasteiger partial charge in [0.25, 0.3) is 0 Å². The molecular formula is C10H12ClN3O. The molecule has 0 bridgehead atoms. The minimum absolute atomic E-state index is 0.0724. The standard InChI is InChI=1S/C10H12ClN3O/c1-12-8-5-13-7-4-2-3-6(11)9(7)14-10(8)15/h2-4,8,12-13H,5H2,1H3,(H,14,15). The molecule has 1 heterocycles. The summed E-state index contributed by atoms with van der Waals surface area (Å²) in [5.41, 5.74) is 1.51. The number of hydrogen-bond acceptors (Lipinski definition) is 3. The summed E-state index contributed by atoms with van der Waals surface area (Å²) >= 11 is 6.00. The number of nitrogens with one attached hydrogen (secondary N) is 3. The topological polar surface area (TPSA) is 53.2 Å². The third-order valence-corrected chi connectivity index (χ3v) is 2.74. The van der Waals surface area contributed by atoms with E-state index in [1.54, 1.807) is 13.1 Å². The number of halogens is 1. The quantitative estimate of drug-likeness (QED) is 0.675. The highest BCUT2D eigenvalue weighted by molar-refractivity contribution is 6.34. The molecular weight excluding hydrogens is 214 g/mol. The highest BCUT2D eigenvalue weighted by atomic mass is 35.5. The second-order valence-electron chi connectivity index (χ2n) is 3.37. The number of carbonyl (C=O) groups excluding carboxylic acids is 1. The van der Waals surface area contributed by atoms with Crippen LogP contribution in [0.15, 0.2) is 18.2 Å². The molecule has 0 aliphatic carbocycles. The molecule has 2 rings (SSSR count). The fourth-order valence-electron chi connectivity index (χ4n) is 1.55. The maximum absolute atomic E-state index is 11.7. The first-order valence-electron chi connectivity index (χ1n) is 4.73. The van der Waals surface area contributed by atoms with Crippen molar-refractivity contribution in [3.8, 4) is 0 Å². The molecule has 1 unspecified atom stereocenters. The van der Waals surface area contributed by atoms with Crippen molar-refractivity contribution in [3.05, 3.63) is 23.2 Å². The number of carbonyl (C=O) groups is 1. The Kier molecular flexibility index (Phi) is 2.79. The van der Waals surface area contributed by atoms with Gasteiger partial charge in [-0.2, -0.15) is 0 Å². The molecule has 5 heteroatoms. The van der Waals surface area contributed by atoms with E-state index < -0.39 is 0 Å². The average Bonchev–Trinajstić information content (AvgIpc) is 2.38. The SMILES string of the molecule is CNC1CNc2cccc(Cl)c2NC1=O. The van der Waals surface area contributed by atoms with Crippen LogP contribution in [-0.4, -0.2) is 25.5 Å². The number of fused-ring (bicyclic) bond motifs is 1. The Morgan fingerprint density at radius 3 is 3.07 bits per heavy atom. The van der Waals surface area contributed by atoms with Crippen LogP contribution < -0.4 is 16.0 Å². The third-order valence-electron chi connectivity index (χ3n) is 2.42. The summed E-state index contributed by atoms with van der Waals surface area (Å²) in [6.07, 6.45) is 0. The second kappa shape index (κ2) is 4.08. The van der Waals surface area contributed by atoms with Crippen molar-refractivity contribution in [2.24, 2.45) is 0 Å². The molecule has 0 radical (unpaired) electrons. The Hall–Kier alpha value is -1.26. The van der Waals surface area contributed by atoms with E-state index in [1.165, 1.54) is 0 Å². The number of para-hydroxylation sites is 1. The Labute approximate surface area is 93.0 Å². The van der Waals surface area contributed by atoms with Crippen LogP contribution in [0.4, 0.5) is 11.4 Å². The van der Waals surface area contributed by atoms with Gasteiger partial charge in [-0.25, -0.2) is 0 Å². The monoisotopic (exact) mass is 225 g/mol. The highest BCUT2D eigenvalue weighted by Crippen LogP contribution is 2.31. The van der Waals surface area contributed by atoms with Crippen LogP contribution >= 0.6 is 11.6 Å². The number of rotatable bonds is 1. The van der Waals surface area contributed by atoms with Crippen molar-refractivity contribution in [1.29, 1.82) is 0 Å². The molecule has 0 saturated heterocycles. The molecule has 1 amide bonds. The van der Waals surface area contributed by atoms with Crippen molar-refractivity contribution in [3.63, 3.8) is 0 Å². The molecule has 80 valence electrons. The number of likely N-dealkylation sites (N-methyl/N-ethyl adjacent to an activating group) is 1. The maximum Gasteiger partial charge on any atom is 0.243 e. The van der Waals surface area contributed by atoms with E-state index >= 15 is 0 Å². The number of benzene rings is 1. The molecule has 0 spiro atoms. The van der Waals surface area contributed by atoms with Gasteiger partial charge in [0.2, 0.25) is 5.91 Å². The zero-order chi connectivity index (χ0) is 10.8.